The molecule has 1 aromatic heterocycles. The molecule has 0 spiro atoms. The van der Waals surface area contributed by atoms with Crippen molar-refractivity contribution in [1.82, 2.24) is 10.2 Å². The second-order valence-electron chi connectivity index (χ2n) is 6.22. The number of nitrogens with one attached hydrogen (secondary N) is 1. The van der Waals surface area contributed by atoms with Crippen LogP contribution in [0.25, 0.3) is 11.0 Å². The first-order chi connectivity index (χ1) is 12.5. The number of halogens is 1. The summed E-state index contributed by atoms with van der Waals surface area (Å²) >= 11 is 3.34. The predicted molar refractivity (Wildman–Crippen MR) is 105 cm³/mol. The third-order valence-corrected chi connectivity index (χ3v) is 4.67. The van der Waals surface area contributed by atoms with E-state index >= 15 is 0 Å². The molecule has 0 aliphatic rings. The Morgan fingerprint density at radius 3 is 2.58 bits per heavy atom. The third kappa shape index (κ3) is 4.03. The van der Waals surface area contributed by atoms with Crippen molar-refractivity contribution in [2.24, 2.45) is 0 Å². The highest BCUT2D eigenvalue weighted by Gasteiger charge is 2.17. The number of nitrogens with zero attached hydrogens (tertiary/aromatic N) is 1. The van der Waals surface area contributed by atoms with E-state index in [1.165, 1.54) is 6.07 Å². The Kier molecular flexibility index (Phi) is 5.54. The monoisotopic (exact) mass is 414 g/mol. The fourth-order valence-corrected chi connectivity index (χ4v) is 3.13. The van der Waals surface area contributed by atoms with Gasteiger partial charge in [-0.1, -0.05) is 46.3 Å². The second kappa shape index (κ2) is 7.85. The van der Waals surface area contributed by atoms with Gasteiger partial charge >= 0.3 is 0 Å². The number of amides is 1. The summed E-state index contributed by atoms with van der Waals surface area (Å²) in [6.07, 6.45) is 0. The molecule has 0 saturated carbocycles. The number of hydrogen-bond acceptors (Lipinski definition) is 4. The maximum atomic E-state index is 12.5. The maximum Gasteiger partial charge on any atom is 0.287 e. The zero-order valence-corrected chi connectivity index (χ0v) is 16.1. The van der Waals surface area contributed by atoms with Gasteiger partial charge in [0.1, 0.15) is 5.58 Å². The van der Waals surface area contributed by atoms with Gasteiger partial charge < -0.3 is 14.6 Å². The Hall–Kier alpha value is -2.44. The summed E-state index contributed by atoms with van der Waals surface area (Å²) in [5.74, 6) is -0.405. The number of carbonyl (C=O) groups excluding carboxylic acids is 1. The molecule has 0 aliphatic carbocycles. The lowest BCUT2D eigenvalue weighted by atomic mass is 10.1. The first-order valence-corrected chi connectivity index (χ1v) is 8.98. The van der Waals surface area contributed by atoms with Gasteiger partial charge in [0.15, 0.2) is 11.2 Å². The largest absolute Gasteiger partial charge is 0.451 e. The fourth-order valence-electron chi connectivity index (χ4n) is 2.79. The highest BCUT2D eigenvalue weighted by atomic mass is 79.9. The molecule has 0 saturated heterocycles. The Labute approximate surface area is 159 Å². The average Bonchev–Trinajstić information content (AvgIpc) is 2.61. The average molecular weight is 415 g/mol. The summed E-state index contributed by atoms with van der Waals surface area (Å²) in [5, 5.41) is 3.31. The van der Waals surface area contributed by atoms with Crippen LogP contribution in [0.3, 0.4) is 0 Å². The van der Waals surface area contributed by atoms with Gasteiger partial charge in [-0.3, -0.25) is 9.59 Å². The summed E-state index contributed by atoms with van der Waals surface area (Å²) in [6.45, 7) is 0.399. The van der Waals surface area contributed by atoms with Crippen LogP contribution in [0.5, 0.6) is 0 Å². The molecular formula is C20H19BrN2O3. The van der Waals surface area contributed by atoms with Crippen LogP contribution >= 0.6 is 15.9 Å². The number of carbonyl (C=O) groups is 1. The zero-order valence-electron chi connectivity index (χ0n) is 14.5. The maximum absolute atomic E-state index is 12.5. The minimum Gasteiger partial charge on any atom is -0.451 e. The first kappa shape index (κ1) is 18.4. The van der Waals surface area contributed by atoms with Crippen molar-refractivity contribution < 1.29 is 9.21 Å². The lowest BCUT2D eigenvalue weighted by molar-refractivity contribution is 0.0914. The molecular weight excluding hydrogens is 396 g/mol. The molecule has 2 aromatic carbocycles. The molecule has 1 unspecified atom stereocenters. The SMILES string of the molecule is CN(C)C(CNC(=O)c1cc(=O)c2ccc(Br)cc2o1)c1ccccc1. The zero-order chi connectivity index (χ0) is 18.7. The van der Waals surface area contributed by atoms with Crippen molar-refractivity contribution in [3.63, 3.8) is 0 Å². The van der Waals surface area contributed by atoms with Gasteiger partial charge in [-0.15, -0.1) is 0 Å². The van der Waals surface area contributed by atoms with Gasteiger partial charge in [0.05, 0.1) is 11.4 Å². The number of likely N-dealkylation sites (N-methyl/N-ethyl adjacent to an activating group) is 1. The van der Waals surface area contributed by atoms with Crippen molar-refractivity contribution in [2.75, 3.05) is 20.6 Å². The van der Waals surface area contributed by atoms with Gasteiger partial charge in [-0.05, 0) is 37.9 Å². The summed E-state index contributed by atoms with van der Waals surface area (Å²) < 4.78 is 6.41. The molecule has 0 bridgehead atoms. The Balaban J connectivity index is 1.81. The second-order valence-corrected chi connectivity index (χ2v) is 7.13. The molecule has 6 heteroatoms. The molecule has 0 radical (unpaired) electrons. The normalized spacial score (nSPS) is 12.3. The van der Waals surface area contributed by atoms with E-state index in [4.69, 9.17) is 4.42 Å². The fraction of sp³-hybridized carbons (Fsp3) is 0.200. The van der Waals surface area contributed by atoms with Crippen LogP contribution < -0.4 is 10.7 Å². The predicted octanol–water partition coefficient (Wildman–Crippen LogP) is 3.59. The van der Waals surface area contributed by atoms with Crippen molar-refractivity contribution >= 4 is 32.8 Å². The Morgan fingerprint density at radius 2 is 1.88 bits per heavy atom. The van der Waals surface area contributed by atoms with Crippen LogP contribution in [0.2, 0.25) is 0 Å². The quantitative estimate of drug-likeness (QED) is 0.692. The van der Waals surface area contributed by atoms with Crippen LogP contribution in [-0.2, 0) is 0 Å². The molecule has 5 nitrogen and oxygen atoms in total. The van der Waals surface area contributed by atoms with E-state index in [-0.39, 0.29) is 17.2 Å². The number of fused-ring (bicyclic) bond motifs is 1. The molecule has 1 heterocycles. The van der Waals surface area contributed by atoms with Crippen molar-refractivity contribution in [2.45, 2.75) is 6.04 Å². The number of benzene rings is 2. The topological polar surface area (TPSA) is 62.6 Å². The summed E-state index contributed by atoms with van der Waals surface area (Å²) in [5.41, 5.74) is 1.24. The van der Waals surface area contributed by atoms with E-state index in [0.29, 0.717) is 17.5 Å². The van der Waals surface area contributed by atoms with Crippen molar-refractivity contribution in [1.29, 1.82) is 0 Å². The van der Waals surface area contributed by atoms with Crippen LogP contribution in [0.4, 0.5) is 0 Å². The molecule has 1 amide bonds. The lowest BCUT2D eigenvalue weighted by Gasteiger charge is -2.25. The van der Waals surface area contributed by atoms with E-state index < -0.39 is 5.91 Å². The minimum atomic E-state index is -0.410. The summed E-state index contributed by atoms with van der Waals surface area (Å²) in [6, 6.07) is 16.3. The molecule has 3 aromatic rings. The number of hydrogen-bond donors (Lipinski definition) is 1. The minimum absolute atomic E-state index is 0.00571. The van der Waals surface area contributed by atoms with Crippen LogP contribution in [0.15, 0.2) is 68.3 Å². The third-order valence-electron chi connectivity index (χ3n) is 4.18. The van der Waals surface area contributed by atoms with E-state index in [9.17, 15) is 9.59 Å². The van der Waals surface area contributed by atoms with Gasteiger partial charge in [0, 0.05) is 17.1 Å². The van der Waals surface area contributed by atoms with Gasteiger partial charge in [-0.25, -0.2) is 0 Å². The molecule has 1 atom stereocenters. The standard InChI is InChI=1S/C20H19BrN2O3/c1-23(2)16(13-6-4-3-5-7-13)12-22-20(25)19-11-17(24)15-9-8-14(21)10-18(15)26-19/h3-11,16H,12H2,1-2H3,(H,22,25). The molecule has 0 fully saturated rings. The van der Waals surface area contributed by atoms with Crippen molar-refractivity contribution in [3.8, 4) is 0 Å². The van der Waals surface area contributed by atoms with Gasteiger partial charge in [0.25, 0.3) is 5.91 Å². The summed E-state index contributed by atoms with van der Waals surface area (Å²) in [7, 11) is 3.91. The van der Waals surface area contributed by atoms with Gasteiger partial charge in [0.2, 0.25) is 0 Å². The van der Waals surface area contributed by atoms with Crippen LogP contribution in [0, 0.1) is 0 Å². The molecule has 26 heavy (non-hydrogen) atoms. The van der Waals surface area contributed by atoms with Crippen LogP contribution in [0.1, 0.15) is 22.2 Å². The Bertz CT molecular complexity index is 983. The highest BCUT2D eigenvalue weighted by Crippen LogP contribution is 2.19. The Morgan fingerprint density at radius 1 is 1.15 bits per heavy atom. The molecule has 3 rings (SSSR count). The summed E-state index contributed by atoms with van der Waals surface area (Å²) in [4.78, 5) is 26.8. The van der Waals surface area contributed by atoms with E-state index in [1.807, 2.05) is 49.3 Å². The van der Waals surface area contributed by atoms with E-state index in [0.717, 1.165) is 10.0 Å². The van der Waals surface area contributed by atoms with E-state index in [2.05, 4.69) is 21.2 Å². The van der Waals surface area contributed by atoms with Crippen LogP contribution in [-0.4, -0.2) is 31.4 Å². The lowest BCUT2D eigenvalue weighted by Crippen LogP contribution is -2.34. The smallest absolute Gasteiger partial charge is 0.287 e. The molecule has 0 aliphatic heterocycles. The molecule has 134 valence electrons. The van der Waals surface area contributed by atoms with Gasteiger partial charge in [-0.2, -0.15) is 0 Å². The van der Waals surface area contributed by atoms with E-state index in [1.54, 1.807) is 18.2 Å². The van der Waals surface area contributed by atoms with Crippen molar-refractivity contribution in [3.05, 3.63) is 80.6 Å². The highest BCUT2D eigenvalue weighted by molar-refractivity contribution is 9.10. The first-order valence-electron chi connectivity index (χ1n) is 8.18. The number of rotatable bonds is 5. The molecule has 1 N–H and O–H groups in total.